The largest absolute Gasteiger partial charge is 0.478 e. The fourth-order valence-electron chi connectivity index (χ4n) is 1.82. The van der Waals surface area contributed by atoms with Crippen LogP contribution in [-0.2, 0) is 4.79 Å². The third kappa shape index (κ3) is 6.94. The lowest BCUT2D eigenvalue weighted by molar-refractivity contribution is -0.133. The predicted molar refractivity (Wildman–Crippen MR) is 77.9 cm³/mol. The number of carboxylic acid groups (broad SMARTS) is 1. The summed E-state index contributed by atoms with van der Waals surface area (Å²) in [4.78, 5) is 10.9. The molecule has 0 aliphatic heterocycles. The third-order valence-corrected chi connectivity index (χ3v) is 3.07. The summed E-state index contributed by atoms with van der Waals surface area (Å²) in [6.45, 7) is 7.31. The van der Waals surface area contributed by atoms with Gasteiger partial charge in [0.05, 0.1) is 5.57 Å². The number of hydrogen-bond acceptors (Lipinski definition) is 1. The highest BCUT2D eigenvalue weighted by Gasteiger charge is 2.33. The van der Waals surface area contributed by atoms with Crippen molar-refractivity contribution in [2.24, 2.45) is 0 Å². The van der Waals surface area contributed by atoms with E-state index in [1.54, 1.807) is 18.2 Å². The van der Waals surface area contributed by atoms with E-state index in [2.05, 4.69) is 13.5 Å². The second-order valence-electron chi connectivity index (χ2n) is 4.70. The van der Waals surface area contributed by atoms with Gasteiger partial charge in [0.15, 0.2) is 5.67 Å². The molecule has 0 heterocycles. The van der Waals surface area contributed by atoms with Gasteiger partial charge in [-0.15, -0.1) is 0 Å². The predicted octanol–water partition coefficient (Wildman–Crippen LogP) is 4.83. The van der Waals surface area contributed by atoms with E-state index in [1.807, 2.05) is 6.92 Å². The van der Waals surface area contributed by atoms with E-state index in [0.29, 0.717) is 6.42 Å². The van der Waals surface area contributed by atoms with Crippen LogP contribution < -0.4 is 0 Å². The van der Waals surface area contributed by atoms with Crippen LogP contribution in [-0.4, -0.2) is 16.7 Å². The summed E-state index contributed by atoms with van der Waals surface area (Å²) in [6, 6.07) is 0. The van der Waals surface area contributed by atoms with E-state index in [9.17, 15) is 9.18 Å². The molecule has 108 valence electrons. The monoisotopic (exact) mass is 268 g/mol. The number of rotatable bonds is 10. The zero-order valence-corrected chi connectivity index (χ0v) is 12.0. The van der Waals surface area contributed by atoms with Gasteiger partial charge < -0.3 is 5.11 Å². The van der Waals surface area contributed by atoms with Gasteiger partial charge in [-0.05, 0) is 25.8 Å². The van der Waals surface area contributed by atoms with E-state index in [1.165, 1.54) is 6.08 Å². The summed E-state index contributed by atoms with van der Waals surface area (Å²) in [5.41, 5.74) is -2.33. The number of allylic oxidation sites excluding steroid dienone is 4. The molecule has 0 saturated carbocycles. The number of hydrogen-bond donors (Lipinski definition) is 1. The van der Waals surface area contributed by atoms with Crippen LogP contribution >= 0.6 is 0 Å². The SMILES string of the molecule is C=C(C(=O)O)C(F)(C=CC=CC)CCCCCCC. The molecule has 0 aliphatic rings. The molecule has 19 heavy (non-hydrogen) atoms. The minimum absolute atomic E-state index is 0.176. The van der Waals surface area contributed by atoms with Crippen molar-refractivity contribution in [2.45, 2.75) is 58.0 Å². The quantitative estimate of drug-likeness (QED) is 0.350. The highest BCUT2D eigenvalue weighted by molar-refractivity contribution is 5.88. The van der Waals surface area contributed by atoms with Crippen molar-refractivity contribution in [2.75, 3.05) is 0 Å². The van der Waals surface area contributed by atoms with Gasteiger partial charge in [0, 0.05) is 0 Å². The van der Waals surface area contributed by atoms with Gasteiger partial charge >= 0.3 is 5.97 Å². The Labute approximate surface area is 115 Å². The summed E-state index contributed by atoms with van der Waals surface area (Å²) in [5, 5.41) is 8.92. The molecule has 3 heteroatoms. The molecule has 0 amide bonds. The lowest BCUT2D eigenvalue weighted by Crippen LogP contribution is -2.27. The molecule has 0 aromatic carbocycles. The molecule has 0 radical (unpaired) electrons. The van der Waals surface area contributed by atoms with E-state index >= 15 is 0 Å². The Morgan fingerprint density at radius 2 is 1.89 bits per heavy atom. The van der Waals surface area contributed by atoms with Crippen LogP contribution in [0.2, 0.25) is 0 Å². The van der Waals surface area contributed by atoms with Crippen molar-refractivity contribution >= 4 is 5.97 Å². The molecule has 0 aliphatic carbocycles. The number of aliphatic carboxylic acids is 1. The molecule has 0 saturated heterocycles. The van der Waals surface area contributed by atoms with Crippen LogP contribution in [0, 0.1) is 0 Å². The Morgan fingerprint density at radius 1 is 1.26 bits per heavy atom. The van der Waals surface area contributed by atoms with Crippen molar-refractivity contribution in [1.82, 2.24) is 0 Å². The first kappa shape index (κ1) is 17.6. The van der Waals surface area contributed by atoms with Crippen LogP contribution in [0.25, 0.3) is 0 Å². The van der Waals surface area contributed by atoms with Gasteiger partial charge in [-0.1, -0.05) is 57.4 Å². The average molecular weight is 268 g/mol. The highest BCUT2D eigenvalue weighted by atomic mass is 19.1. The molecule has 0 aromatic rings. The maximum absolute atomic E-state index is 14.7. The topological polar surface area (TPSA) is 37.3 Å². The van der Waals surface area contributed by atoms with Gasteiger partial charge in [-0.2, -0.15) is 0 Å². The van der Waals surface area contributed by atoms with Crippen LogP contribution in [0.15, 0.2) is 36.5 Å². The van der Waals surface area contributed by atoms with Crippen molar-refractivity contribution < 1.29 is 14.3 Å². The number of halogens is 1. The van der Waals surface area contributed by atoms with Gasteiger partial charge in [0.25, 0.3) is 0 Å². The molecule has 0 bridgehead atoms. The van der Waals surface area contributed by atoms with Crippen molar-refractivity contribution in [1.29, 1.82) is 0 Å². The number of carbonyl (C=O) groups is 1. The summed E-state index contributed by atoms with van der Waals surface area (Å²) in [5.74, 6) is -1.28. The van der Waals surface area contributed by atoms with Gasteiger partial charge in [-0.25, -0.2) is 9.18 Å². The average Bonchev–Trinajstić information content (AvgIpc) is 2.38. The molecule has 0 spiro atoms. The molecule has 2 nitrogen and oxygen atoms in total. The van der Waals surface area contributed by atoms with E-state index in [-0.39, 0.29) is 12.0 Å². The summed E-state index contributed by atoms with van der Waals surface area (Å²) in [6.07, 6.45) is 11.4. The number of alkyl halides is 1. The summed E-state index contributed by atoms with van der Waals surface area (Å²) >= 11 is 0. The smallest absolute Gasteiger partial charge is 0.334 e. The van der Waals surface area contributed by atoms with E-state index < -0.39 is 11.6 Å². The lowest BCUT2D eigenvalue weighted by Gasteiger charge is -2.21. The first-order valence-electron chi connectivity index (χ1n) is 6.90. The van der Waals surface area contributed by atoms with Crippen molar-refractivity contribution in [3.8, 4) is 0 Å². The Kier molecular flexibility index (Phi) is 8.84. The Hall–Kier alpha value is -1.38. The zero-order valence-electron chi connectivity index (χ0n) is 12.0. The highest BCUT2D eigenvalue weighted by Crippen LogP contribution is 2.29. The molecule has 0 rings (SSSR count). The third-order valence-electron chi connectivity index (χ3n) is 3.07. The van der Waals surface area contributed by atoms with Crippen molar-refractivity contribution in [3.63, 3.8) is 0 Å². The van der Waals surface area contributed by atoms with Gasteiger partial charge in [0.2, 0.25) is 0 Å². The molecular weight excluding hydrogens is 243 g/mol. The molecule has 0 fully saturated rings. The second kappa shape index (κ2) is 9.54. The second-order valence-corrected chi connectivity index (χ2v) is 4.70. The fourth-order valence-corrected chi connectivity index (χ4v) is 1.82. The Morgan fingerprint density at radius 3 is 2.42 bits per heavy atom. The van der Waals surface area contributed by atoms with Gasteiger partial charge in [-0.3, -0.25) is 0 Å². The molecular formula is C16H25FO2. The molecule has 1 unspecified atom stereocenters. The van der Waals surface area contributed by atoms with Crippen molar-refractivity contribution in [3.05, 3.63) is 36.5 Å². The summed E-state index contributed by atoms with van der Waals surface area (Å²) in [7, 11) is 0. The summed E-state index contributed by atoms with van der Waals surface area (Å²) < 4.78 is 14.7. The number of carboxylic acids is 1. The minimum atomic E-state index is -1.95. The van der Waals surface area contributed by atoms with E-state index in [4.69, 9.17) is 5.11 Å². The zero-order chi connectivity index (χ0) is 14.7. The van der Waals surface area contributed by atoms with Gasteiger partial charge in [0.1, 0.15) is 0 Å². The Balaban J connectivity index is 4.58. The van der Waals surface area contributed by atoms with Crippen LogP contribution in [0.3, 0.4) is 0 Å². The molecule has 0 aromatic heterocycles. The fraction of sp³-hybridized carbons (Fsp3) is 0.562. The Bertz CT molecular complexity index is 345. The normalized spacial score (nSPS) is 14.9. The minimum Gasteiger partial charge on any atom is -0.478 e. The first-order chi connectivity index (χ1) is 8.98. The maximum Gasteiger partial charge on any atom is 0.334 e. The van der Waals surface area contributed by atoms with Crippen LogP contribution in [0.1, 0.15) is 52.4 Å². The molecule has 1 N–H and O–H groups in total. The maximum atomic E-state index is 14.7. The first-order valence-corrected chi connectivity index (χ1v) is 6.90. The van der Waals surface area contributed by atoms with Crippen LogP contribution in [0.4, 0.5) is 4.39 Å². The number of unbranched alkanes of at least 4 members (excludes halogenated alkanes) is 4. The molecule has 1 atom stereocenters. The van der Waals surface area contributed by atoms with E-state index in [0.717, 1.165) is 25.7 Å². The van der Waals surface area contributed by atoms with Crippen LogP contribution in [0.5, 0.6) is 0 Å². The standard InChI is InChI=1S/C16H25FO2/c1-4-6-8-9-11-13-16(17,12-10-7-5-2)14(3)15(18)19/h5,7,10,12H,3-4,6,8-9,11,13H2,1-2H3,(H,18,19). The lowest BCUT2D eigenvalue weighted by atomic mass is 9.90.